The summed E-state index contributed by atoms with van der Waals surface area (Å²) < 4.78 is 4.80. The van der Waals surface area contributed by atoms with Crippen LogP contribution in [0.1, 0.15) is 28.4 Å². The molecule has 3 nitrogen and oxygen atoms in total. The van der Waals surface area contributed by atoms with Crippen LogP contribution in [0.5, 0.6) is 0 Å². The van der Waals surface area contributed by atoms with E-state index in [0.717, 1.165) is 5.56 Å². The molecule has 106 valence electrons. The summed E-state index contributed by atoms with van der Waals surface area (Å²) in [6.07, 6.45) is 3.03. The molecule has 0 radical (unpaired) electrons. The molecule has 21 heavy (non-hydrogen) atoms. The van der Waals surface area contributed by atoms with E-state index < -0.39 is 0 Å². The van der Waals surface area contributed by atoms with Crippen LogP contribution < -0.4 is 0 Å². The SMILES string of the molecule is CCOC(=O)C=Cc1ccc(C(=O)c2ccccc2)cc1. The first kappa shape index (κ1) is 14.7. The van der Waals surface area contributed by atoms with Gasteiger partial charge in [0.2, 0.25) is 0 Å². The van der Waals surface area contributed by atoms with E-state index in [9.17, 15) is 9.59 Å². The van der Waals surface area contributed by atoms with Crippen LogP contribution in [0.4, 0.5) is 0 Å². The molecule has 0 saturated carbocycles. The molecule has 2 aromatic carbocycles. The van der Waals surface area contributed by atoms with Crippen LogP contribution in [-0.2, 0) is 9.53 Å². The predicted octanol–water partition coefficient (Wildman–Crippen LogP) is 3.49. The third-order valence-electron chi connectivity index (χ3n) is 2.91. The summed E-state index contributed by atoms with van der Waals surface area (Å²) in [6.45, 7) is 2.11. The number of esters is 1. The Bertz CT molecular complexity index is 640. The number of rotatable bonds is 5. The van der Waals surface area contributed by atoms with Crippen LogP contribution in [-0.4, -0.2) is 18.4 Å². The first-order chi connectivity index (χ1) is 10.2. The largest absolute Gasteiger partial charge is 0.463 e. The summed E-state index contributed by atoms with van der Waals surface area (Å²) in [6, 6.07) is 16.2. The Kier molecular flexibility index (Phi) is 5.04. The van der Waals surface area contributed by atoms with Crippen molar-refractivity contribution in [2.75, 3.05) is 6.61 Å². The van der Waals surface area contributed by atoms with Crippen molar-refractivity contribution in [2.24, 2.45) is 0 Å². The van der Waals surface area contributed by atoms with Crippen molar-refractivity contribution < 1.29 is 14.3 Å². The highest BCUT2D eigenvalue weighted by Gasteiger charge is 2.07. The number of carbonyl (C=O) groups excluding carboxylic acids is 2. The number of ether oxygens (including phenoxy) is 1. The van der Waals surface area contributed by atoms with E-state index in [1.807, 2.05) is 18.2 Å². The summed E-state index contributed by atoms with van der Waals surface area (Å²) >= 11 is 0. The Balaban J connectivity index is 2.09. The highest BCUT2D eigenvalue weighted by atomic mass is 16.5. The van der Waals surface area contributed by atoms with Gasteiger partial charge in [-0.05, 0) is 18.6 Å². The number of hydrogen-bond donors (Lipinski definition) is 0. The molecule has 0 bridgehead atoms. The normalized spacial score (nSPS) is 10.5. The van der Waals surface area contributed by atoms with Crippen molar-refractivity contribution in [1.82, 2.24) is 0 Å². The van der Waals surface area contributed by atoms with Crippen LogP contribution in [0.2, 0.25) is 0 Å². The Morgan fingerprint density at radius 2 is 1.57 bits per heavy atom. The lowest BCUT2D eigenvalue weighted by molar-refractivity contribution is -0.137. The maximum Gasteiger partial charge on any atom is 0.330 e. The molecule has 3 heteroatoms. The van der Waals surface area contributed by atoms with Gasteiger partial charge in [-0.3, -0.25) is 4.79 Å². The molecule has 0 spiro atoms. The second-order valence-corrected chi connectivity index (χ2v) is 4.40. The molecule has 0 N–H and O–H groups in total. The molecule has 2 rings (SSSR count). The van der Waals surface area contributed by atoms with Crippen molar-refractivity contribution in [3.8, 4) is 0 Å². The van der Waals surface area contributed by atoms with Crippen LogP contribution >= 0.6 is 0 Å². The van der Waals surface area contributed by atoms with Crippen molar-refractivity contribution in [1.29, 1.82) is 0 Å². The standard InChI is InChI=1S/C18H16O3/c1-2-21-17(19)13-10-14-8-11-16(12-9-14)18(20)15-6-4-3-5-7-15/h3-13H,2H2,1H3. The van der Waals surface area contributed by atoms with Gasteiger partial charge in [-0.25, -0.2) is 4.79 Å². The summed E-state index contributed by atoms with van der Waals surface area (Å²) in [5, 5.41) is 0. The van der Waals surface area contributed by atoms with Crippen molar-refractivity contribution in [2.45, 2.75) is 6.92 Å². The fourth-order valence-corrected chi connectivity index (χ4v) is 1.86. The summed E-state index contributed by atoms with van der Waals surface area (Å²) in [4.78, 5) is 23.4. The van der Waals surface area contributed by atoms with Gasteiger partial charge in [-0.15, -0.1) is 0 Å². The van der Waals surface area contributed by atoms with Crippen molar-refractivity contribution in [3.05, 3.63) is 77.4 Å². The van der Waals surface area contributed by atoms with Gasteiger partial charge < -0.3 is 4.74 Å². The molecule has 0 fully saturated rings. The van der Waals surface area contributed by atoms with E-state index in [2.05, 4.69) is 0 Å². The monoisotopic (exact) mass is 280 g/mol. The summed E-state index contributed by atoms with van der Waals surface area (Å²) in [7, 11) is 0. The molecule has 0 aromatic heterocycles. The molecule has 0 aliphatic heterocycles. The quantitative estimate of drug-likeness (QED) is 0.478. The Morgan fingerprint density at radius 1 is 0.952 bits per heavy atom. The number of hydrogen-bond acceptors (Lipinski definition) is 3. The fourth-order valence-electron chi connectivity index (χ4n) is 1.86. The van der Waals surface area contributed by atoms with Gasteiger partial charge in [0.1, 0.15) is 0 Å². The van der Waals surface area contributed by atoms with Gasteiger partial charge >= 0.3 is 5.97 Å². The molecule has 0 aliphatic rings. The Morgan fingerprint density at radius 3 is 2.19 bits per heavy atom. The van der Waals surface area contributed by atoms with Crippen LogP contribution in [0.15, 0.2) is 60.7 Å². The van der Waals surface area contributed by atoms with Gasteiger partial charge in [0, 0.05) is 17.2 Å². The highest BCUT2D eigenvalue weighted by Crippen LogP contribution is 2.12. The summed E-state index contributed by atoms with van der Waals surface area (Å²) in [5.41, 5.74) is 2.12. The average molecular weight is 280 g/mol. The minimum absolute atomic E-state index is 0.0171. The van der Waals surface area contributed by atoms with Crippen LogP contribution in [0, 0.1) is 0 Å². The van der Waals surface area contributed by atoms with Gasteiger partial charge in [0.25, 0.3) is 0 Å². The molecule has 0 unspecified atom stereocenters. The van der Waals surface area contributed by atoms with E-state index >= 15 is 0 Å². The second-order valence-electron chi connectivity index (χ2n) is 4.40. The van der Waals surface area contributed by atoms with E-state index in [0.29, 0.717) is 17.7 Å². The summed E-state index contributed by atoms with van der Waals surface area (Å²) in [5.74, 6) is -0.390. The average Bonchev–Trinajstić information content (AvgIpc) is 2.54. The molecular weight excluding hydrogens is 264 g/mol. The maximum atomic E-state index is 12.2. The van der Waals surface area contributed by atoms with E-state index in [1.165, 1.54) is 6.08 Å². The van der Waals surface area contributed by atoms with Crippen LogP contribution in [0.3, 0.4) is 0 Å². The van der Waals surface area contributed by atoms with E-state index in [1.54, 1.807) is 49.4 Å². The van der Waals surface area contributed by atoms with E-state index in [4.69, 9.17) is 4.74 Å². The Hall–Kier alpha value is -2.68. The van der Waals surface area contributed by atoms with Gasteiger partial charge in [0.05, 0.1) is 6.61 Å². The minimum atomic E-state index is -0.373. The van der Waals surface area contributed by atoms with E-state index in [-0.39, 0.29) is 11.8 Å². The minimum Gasteiger partial charge on any atom is -0.463 e. The molecular formula is C18H16O3. The lowest BCUT2D eigenvalue weighted by atomic mass is 10.0. The molecule has 0 atom stereocenters. The van der Waals surface area contributed by atoms with Crippen molar-refractivity contribution >= 4 is 17.8 Å². The lowest BCUT2D eigenvalue weighted by Crippen LogP contribution is -2.00. The molecule has 0 heterocycles. The topological polar surface area (TPSA) is 43.4 Å². The predicted molar refractivity (Wildman–Crippen MR) is 82.0 cm³/mol. The Labute approximate surface area is 123 Å². The third-order valence-corrected chi connectivity index (χ3v) is 2.91. The second kappa shape index (κ2) is 7.20. The maximum absolute atomic E-state index is 12.2. The van der Waals surface area contributed by atoms with Crippen molar-refractivity contribution in [3.63, 3.8) is 0 Å². The zero-order chi connectivity index (χ0) is 15.1. The first-order valence-corrected chi connectivity index (χ1v) is 6.75. The highest BCUT2D eigenvalue weighted by molar-refractivity contribution is 6.09. The third kappa shape index (κ3) is 4.14. The fraction of sp³-hybridized carbons (Fsp3) is 0.111. The van der Waals surface area contributed by atoms with Gasteiger partial charge in [0.15, 0.2) is 5.78 Å². The van der Waals surface area contributed by atoms with Crippen LogP contribution in [0.25, 0.3) is 6.08 Å². The number of carbonyl (C=O) groups is 2. The number of ketones is 1. The zero-order valence-electron chi connectivity index (χ0n) is 11.8. The molecule has 0 aliphatic carbocycles. The zero-order valence-corrected chi connectivity index (χ0v) is 11.8. The lowest BCUT2D eigenvalue weighted by Gasteiger charge is -2.01. The smallest absolute Gasteiger partial charge is 0.330 e. The number of benzene rings is 2. The molecule has 0 amide bonds. The van der Waals surface area contributed by atoms with Gasteiger partial charge in [-0.1, -0.05) is 54.6 Å². The first-order valence-electron chi connectivity index (χ1n) is 6.75. The molecule has 0 saturated heterocycles. The molecule has 2 aromatic rings. The van der Waals surface area contributed by atoms with Gasteiger partial charge in [-0.2, -0.15) is 0 Å².